The number of halogens is 2. The highest BCUT2D eigenvalue weighted by atomic mass is 35.5. The lowest BCUT2D eigenvalue weighted by Gasteiger charge is -2.06. The molecule has 0 aliphatic carbocycles. The van der Waals surface area contributed by atoms with Crippen molar-refractivity contribution in [2.24, 2.45) is 0 Å². The first-order valence-electron chi connectivity index (χ1n) is 10.0. The van der Waals surface area contributed by atoms with Gasteiger partial charge in [0.25, 0.3) is 0 Å². The van der Waals surface area contributed by atoms with Gasteiger partial charge in [0.2, 0.25) is 0 Å². The first-order valence-corrected chi connectivity index (χ1v) is 10.8. The summed E-state index contributed by atoms with van der Waals surface area (Å²) in [7, 11) is 0. The zero-order valence-corrected chi connectivity index (χ0v) is 18.7. The summed E-state index contributed by atoms with van der Waals surface area (Å²) in [4.78, 5) is 17.2. The van der Waals surface area contributed by atoms with E-state index in [0.29, 0.717) is 23.1 Å². The number of fused-ring (bicyclic) bond motifs is 1. The van der Waals surface area contributed by atoms with Gasteiger partial charge in [-0.1, -0.05) is 29.3 Å². The molecule has 7 nitrogen and oxygen atoms in total. The van der Waals surface area contributed by atoms with E-state index in [4.69, 9.17) is 28.2 Å². The Balaban J connectivity index is 1.47. The molecule has 32 heavy (non-hydrogen) atoms. The summed E-state index contributed by atoms with van der Waals surface area (Å²) >= 11 is 12.4. The number of aryl methyl sites for hydroxylation is 1. The molecule has 0 saturated carbocycles. The first kappa shape index (κ1) is 20.6. The summed E-state index contributed by atoms with van der Waals surface area (Å²) in [5.41, 5.74) is 6.05. The summed E-state index contributed by atoms with van der Waals surface area (Å²) in [6.07, 6.45) is 3.45. The van der Waals surface area contributed by atoms with Gasteiger partial charge >= 0.3 is 0 Å². The fourth-order valence-corrected chi connectivity index (χ4v) is 3.91. The monoisotopic (exact) mass is 463 g/mol. The van der Waals surface area contributed by atoms with Crippen LogP contribution >= 0.6 is 23.2 Å². The summed E-state index contributed by atoms with van der Waals surface area (Å²) in [5, 5.41) is 8.95. The number of rotatable bonds is 6. The van der Waals surface area contributed by atoms with Gasteiger partial charge in [-0.05, 0) is 55.0 Å². The van der Waals surface area contributed by atoms with E-state index in [1.165, 1.54) is 6.33 Å². The second-order valence-corrected chi connectivity index (χ2v) is 8.23. The van der Waals surface area contributed by atoms with Gasteiger partial charge in [0, 0.05) is 34.0 Å². The van der Waals surface area contributed by atoms with Crippen LogP contribution in [0.4, 0.5) is 0 Å². The van der Waals surface area contributed by atoms with Gasteiger partial charge in [-0.15, -0.1) is 0 Å². The second-order valence-electron chi connectivity index (χ2n) is 7.39. The van der Waals surface area contributed by atoms with E-state index in [-0.39, 0.29) is 0 Å². The number of pyridine rings is 2. The van der Waals surface area contributed by atoms with Gasteiger partial charge in [0.05, 0.1) is 23.6 Å². The average molecular weight is 464 g/mol. The molecule has 0 aliphatic heterocycles. The minimum Gasteiger partial charge on any atom is -0.339 e. The van der Waals surface area contributed by atoms with Crippen LogP contribution in [0, 0.1) is 6.92 Å². The predicted octanol–water partition coefficient (Wildman–Crippen LogP) is 5.09. The maximum Gasteiger partial charge on any atom is 0.155 e. The maximum absolute atomic E-state index is 6.28. The Bertz CT molecular complexity index is 1410. The molecule has 0 saturated heterocycles. The molecule has 0 unspecified atom stereocenters. The van der Waals surface area contributed by atoms with E-state index < -0.39 is 0 Å². The van der Waals surface area contributed by atoms with Crippen LogP contribution < -0.4 is 5.32 Å². The number of nitrogens with one attached hydrogen (secondary N) is 2. The van der Waals surface area contributed by atoms with Gasteiger partial charge in [-0.3, -0.25) is 4.98 Å². The van der Waals surface area contributed by atoms with Crippen molar-refractivity contribution in [2.45, 2.75) is 20.0 Å². The van der Waals surface area contributed by atoms with E-state index in [1.807, 2.05) is 49.5 Å². The van der Waals surface area contributed by atoms with Crippen molar-refractivity contribution in [1.29, 1.82) is 0 Å². The summed E-state index contributed by atoms with van der Waals surface area (Å²) in [6.45, 7) is 3.06. The molecule has 9 heteroatoms. The zero-order valence-electron chi connectivity index (χ0n) is 17.2. The van der Waals surface area contributed by atoms with Crippen molar-refractivity contribution < 1.29 is 0 Å². The molecule has 0 spiro atoms. The molecule has 160 valence electrons. The SMILES string of the molecule is Cc1cccc(-c2[nH]c(CNCc3cc(Cl)ccc3Cl)nc2-c2ccc3ncnn3c2)n1. The van der Waals surface area contributed by atoms with E-state index in [2.05, 4.69) is 25.4 Å². The minimum absolute atomic E-state index is 0.521. The molecule has 0 amide bonds. The Morgan fingerprint density at radius 3 is 2.81 bits per heavy atom. The van der Waals surface area contributed by atoms with Gasteiger partial charge in [0.15, 0.2) is 5.65 Å². The van der Waals surface area contributed by atoms with Crippen LogP contribution in [0.2, 0.25) is 10.0 Å². The standard InChI is InChI=1S/C23H19Cl2N7/c1-14-3-2-4-19(29-14)23-22(15-5-8-21-27-13-28-32(21)12-15)30-20(31-23)11-26-10-16-9-17(24)6-7-18(16)25/h2-9,12-13,26H,10-11H2,1H3,(H,30,31). The molecule has 0 radical (unpaired) electrons. The molecule has 5 aromatic rings. The zero-order chi connectivity index (χ0) is 22.1. The second kappa shape index (κ2) is 8.70. The third-order valence-corrected chi connectivity index (χ3v) is 5.66. The highest BCUT2D eigenvalue weighted by Gasteiger charge is 2.16. The van der Waals surface area contributed by atoms with E-state index >= 15 is 0 Å². The fraction of sp³-hybridized carbons (Fsp3) is 0.130. The first-order chi connectivity index (χ1) is 15.6. The number of aromatic nitrogens is 6. The molecule has 0 atom stereocenters. The van der Waals surface area contributed by atoms with Gasteiger partial charge in [-0.2, -0.15) is 5.10 Å². The van der Waals surface area contributed by atoms with Crippen molar-refractivity contribution in [2.75, 3.05) is 0 Å². The summed E-state index contributed by atoms with van der Waals surface area (Å²) in [5.74, 6) is 0.787. The number of imidazole rings is 1. The highest BCUT2D eigenvalue weighted by Crippen LogP contribution is 2.29. The number of benzene rings is 1. The quantitative estimate of drug-likeness (QED) is 0.366. The van der Waals surface area contributed by atoms with Gasteiger partial charge < -0.3 is 10.3 Å². The molecule has 0 bridgehead atoms. The normalized spacial score (nSPS) is 11.3. The molecule has 2 N–H and O–H groups in total. The van der Waals surface area contributed by atoms with Crippen LogP contribution in [-0.4, -0.2) is 29.5 Å². The topological polar surface area (TPSA) is 83.8 Å². The van der Waals surface area contributed by atoms with Gasteiger partial charge in [0.1, 0.15) is 12.2 Å². The molecule has 0 aliphatic rings. The molecular formula is C23H19Cl2N7. The van der Waals surface area contributed by atoms with E-state index in [1.54, 1.807) is 16.6 Å². The van der Waals surface area contributed by atoms with Crippen LogP contribution in [0.1, 0.15) is 17.1 Å². The fourth-order valence-electron chi connectivity index (χ4n) is 3.53. The lowest BCUT2D eigenvalue weighted by molar-refractivity contribution is 0.669. The smallest absolute Gasteiger partial charge is 0.155 e. The lowest BCUT2D eigenvalue weighted by atomic mass is 10.1. The molecule has 1 aromatic carbocycles. The molecule has 0 fully saturated rings. The number of hydrogen-bond donors (Lipinski definition) is 2. The number of aromatic amines is 1. The molecule has 4 aromatic heterocycles. The lowest BCUT2D eigenvalue weighted by Crippen LogP contribution is -2.14. The van der Waals surface area contributed by atoms with Crippen LogP contribution in [0.25, 0.3) is 28.3 Å². The Labute approximate surface area is 194 Å². The Kier molecular flexibility index (Phi) is 5.61. The van der Waals surface area contributed by atoms with Crippen LogP contribution in [-0.2, 0) is 13.1 Å². The van der Waals surface area contributed by atoms with Crippen molar-refractivity contribution in [3.8, 4) is 22.6 Å². The summed E-state index contributed by atoms with van der Waals surface area (Å²) < 4.78 is 1.73. The summed E-state index contributed by atoms with van der Waals surface area (Å²) in [6, 6.07) is 15.3. The minimum atomic E-state index is 0.521. The third-order valence-electron chi connectivity index (χ3n) is 5.06. The van der Waals surface area contributed by atoms with Crippen molar-refractivity contribution in [3.05, 3.63) is 88.2 Å². The van der Waals surface area contributed by atoms with Crippen LogP contribution in [0.3, 0.4) is 0 Å². The molecule has 4 heterocycles. The Morgan fingerprint density at radius 2 is 1.94 bits per heavy atom. The number of nitrogens with zero attached hydrogens (tertiary/aromatic N) is 5. The maximum atomic E-state index is 6.28. The Hall–Kier alpha value is -3.26. The highest BCUT2D eigenvalue weighted by molar-refractivity contribution is 6.33. The number of H-pyrrole nitrogens is 1. The van der Waals surface area contributed by atoms with Crippen molar-refractivity contribution in [3.63, 3.8) is 0 Å². The van der Waals surface area contributed by atoms with Crippen molar-refractivity contribution in [1.82, 2.24) is 34.9 Å². The Morgan fingerprint density at radius 1 is 1.03 bits per heavy atom. The number of hydrogen-bond acceptors (Lipinski definition) is 5. The van der Waals surface area contributed by atoms with Crippen LogP contribution in [0.15, 0.2) is 61.1 Å². The van der Waals surface area contributed by atoms with E-state index in [0.717, 1.165) is 45.4 Å². The molecule has 5 rings (SSSR count). The molecular weight excluding hydrogens is 445 g/mol. The predicted molar refractivity (Wildman–Crippen MR) is 126 cm³/mol. The van der Waals surface area contributed by atoms with Gasteiger partial charge in [-0.25, -0.2) is 14.5 Å². The van der Waals surface area contributed by atoms with Crippen molar-refractivity contribution >= 4 is 28.8 Å². The van der Waals surface area contributed by atoms with Crippen LogP contribution in [0.5, 0.6) is 0 Å². The van der Waals surface area contributed by atoms with E-state index in [9.17, 15) is 0 Å². The largest absolute Gasteiger partial charge is 0.339 e. The average Bonchev–Trinajstić information content (AvgIpc) is 3.42. The third kappa shape index (κ3) is 4.23.